The third-order valence-electron chi connectivity index (χ3n) is 2.40. The van der Waals surface area contributed by atoms with Crippen LogP contribution in [0.1, 0.15) is 5.56 Å². The lowest BCUT2D eigenvalue weighted by Gasteiger charge is -2.17. The van der Waals surface area contributed by atoms with Crippen molar-refractivity contribution in [1.29, 1.82) is 0 Å². The number of benzene rings is 1. The third-order valence-corrected chi connectivity index (χ3v) is 2.40. The summed E-state index contributed by atoms with van der Waals surface area (Å²) in [7, 11) is 1.65. The number of nitrogens with zero attached hydrogens (tertiary/aromatic N) is 2. The van der Waals surface area contributed by atoms with Crippen molar-refractivity contribution in [2.45, 2.75) is 6.54 Å². The number of anilines is 1. The van der Waals surface area contributed by atoms with Gasteiger partial charge in [-0.05, 0) is 18.2 Å². The van der Waals surface area contributed by atoms with Crippen molar-refractivity contribution >= 4 is 11.7 Å². The van der Waals surface area contributed by atoms with E-state index in [2.05, 4.69) is 15.5 Å². The van der Waals surface area contributed by atoms with Crippen LogP contribution in [-0.2, 0) is 6.54 Å². The molecule has 2 aromatic rings. The maximum atomic E-state index is 12.9. The average Bonchev–Trinajstić information content (AvgIpc) is 2.81. The smallest absolute Gasteiger partial charge is 0.321 e. The zero-order valence-corrected chi connectivity index (χ0v) is 9.85. The lowest BCUT2D eigenvalue weighted by atomic mass is 10.3. The molecule has 2 amide bonds. The van der Waals surface area contributed by atoms with Crippen molar-refractivity contribution in [2.24, 2.45) is 0 Å². The zero-order valence-electron chi connectivity index (χ0n) is 9.85. The number of nitrogens with one attached hydrogen (secondary N) is 2. The molecule has 1 aromatic heterocycles. The highest BCUT2D eigenvalue weighted by Gasteiger charge is 2.10. The standard InChI is InChI=1S/C12H13FN4O/c1-17(8-9-6-14-15-7-9)12(18)16-11-4-2-3-10(13)5-11/h2-7H,8H2,1H3,(H,14,15)(H,16,18). The zero-order chi connectivity index (χ0) is 13.0. The van der Waals surface area contributed by atoms with Gasteiger partial charge in [0.25, 0.3) is 0 Å². The Morgan fingerprint density at radius 2 is 2.39 bits per heavy atom. The Morgan fingerprint density at radius 3 is 3.06 bits per heavy atom. The highest BCUT2D eigenvalue weighted by Crippen LogP contribution is 2.10. The van der Waals surface area contributed by atoms with Crippen LogP contribution < -0.4 is 5.32 Å². The normalized spacial score (nSPS) is 10.1. The summed E-state index contributed by atoms with van der Waals surface area (Å²) in [6, 6.07) is 5.46. The summed E-state index contributed by atoms with van der Waals surface area (Å²) in [4.78, 5) is 13.3. The van der Waals surface area contributed by atoms with E-state index in [1.165, 1.54) is 17.0 Å². The molecule has 1 aromatic carbocycles. The maximum absolute atomic E-state index is 12.9. The second-order valence-corrected chi connectivity index (χ2v) is 3.90. The minimum Gasteiger partial charge on any atom is -0.323 e. The number of rotatable bonds is 3. The molecule has 18 heavy (non-hydrogen) atoms. The van der Waals surface area contributed by atoms with E-state index < -0.39 is 0 Å². The van der Waals surface area contributed by atoms with Gasteiger partial charge in [-0.25, -0.2) is 9.18 Å². The molecular weight excluding hydrogens is 235 g/mol. The summed E-state index contributed by atoms with van der Waals surface area (Å²) in [6.07, 6.45) is 3.36. The van der Waals surface area contributed by atoms with Gasteiger partial charge in [-0.2, -0.15) is 5.10 Å². The molecule has 0 saturated carbocycles. The van der Waals surface area contributed by atoms with Crippen LogP contribution in [0.15, 0.2) is 36.7 Å². The van der Waals surface area contributed by atoms with E-state index in [4.69, 9.17) is 0 Å². The van der Waals surface area contributed by atoms with Gasteiger partial charge in [-0.3, -0.25) is 5.10 Å². The van der Waals surface area contributed by atoms with E-state index in [1.54, 1.807) is 31.6 Å². The van der Waals surface area contributed by atoms with Gasteiger partial charge in [0, 0.05) is 24.5 Å². The molecule has 0 aliphatic carbocycles. The second-order valence-electron chi connectivity index (χ2n) is 3.90. The molecule has 0 fully saturated rings. The highest BCUT2D eigenvalue weighted by atomic mass is 19.1. The van der Waals surface area contributed by atoms with Gasteiger partial charge in [0.05, 0.1) is 12.7 Å². The summed E-state index contributed by atoms with van der Waals surface area (Å²) in [6.45, 7) is 0.428. The number of aromatic amines is 1. The van der Waals surface area contributed by atoms with Gasteiger partial charge in [0.2, 0.25) is 0 Å². The van der Waals surface area contributed by atoms with Crippen LogP contribution in [0.4, 0.5) is 14.9 Å². The number of carbonyl (C=O) groups is 1. The van der Waals surface area contributed by atoms with E-state index >= 15 is 0 Å². The predicted molar refractivity (Wildman–Crippen MR) is 65.5 cm³/mol. The van der Waals surface area contributed by atoms with Gasteiger partial charge < -0.3 is 10.2 Å². The largest absolute Gasteiger partial charge is 0.323 e. The fraction of sp³-hybridized carbons (Fsp3) is 0.167. The topological polar surface area (TPSA) is 61.0 Å². The van der Waals surface area contributed by atoms with Crippen LogP contribution in [0.3, 0.4) is 0 Å². The summed E-state index contributed by atoms with van der Waals surface area (Å²) >= 11 is 0. The molecular formula is C12H13FN4O. The fourth-order valence-corrected chi connectivity index (χ4v) is 1.49. The van der Waals surface area contributed by atoms with Crippen LogP contribution in [0.2, 0.25) is 0 Å². The van der Waals surface area contributed by atoms with Crippen LogP contribution in [0.5, 0.6) is 0 Å². The predicted octanol–water partition coefficient (Wildman–Crippen LogP) is 2.21. The first-order valence-electron chi connectivity index (χ1n) is 5.40. The second kappa shape index (κ2) is 5.31. The SMILES string of the molecule is CN(Cc1cn[nH]c1)C(=O)Nc1cccc(F)c1. The molecule has 1 heterocycles. The van der Waals surface area contributed by atoms with Gasteiger partial charge in [0.15, 0.2) is 0 Å². The average molecular weight is 248 g/mol. The van der Waals surface area contributed by atoms with Crippen LogP contribution in [0.25, 0.3) is 0 Å². The van der Waals surface area contributed by atoms with E-state index in [0.29, 0.717) is 12.2 Å². The number of urea groups is 1. The Balaban J connectivity index is 1.95. The molecule has 0 spiro atoms. The highest BCUT2D eigenvalue weighted by molar-refractivity contribution is 5.89. The molecule has 5 nitrogen and oxygen atoms in total. The van der Waals surface area contributed by atoms with Gasteiger partial charge in [0.1, 0.15) is 5.82 Å². The molecule has 6 heteroatoms. The molecule has 2 rings (SSSR count). The Bertz CT molecular complexity index is 527. The Hall–Kier alpha value is -2.37. The summed E-state index contributed by atoms with van der Waals surface area (Å²) in [5.74, 6) is -0.384. The van der Waals surface area contributed by atoms with Crippen LogP contribution in [-0.4, -0.2) is 28.2 Å². The van der Waals surface area contributed by atoms with Crippen molar-refractivity contribution in [3.8, 4) is 0 Å². The third kappa shape index (κ3) is 3.07. The first-order valence-corrected chi connectivity index (χ1v) is 5.40. The van der Waals surface area contributed by atoms with Crippen molar-refractivity contribution in [2.75, 3.05) is 12.4 Å². The summed E-state index contributed by atoms with van der Waals surface area (Å²) in [5, 5.41) is 9.08. The minimum atomic E-state index is -0.384. The number of halogens is 1. The van der Waals surface area contributed by atoms with E-state index in [9.17, 15) is 9.18 Å². The molecule has 0 atom stereocenters. The molecule has 2 N–H and O–H groups in total. The quantitative estimate of drug-likeness (QED) is 0.874. The number of aromatic nitrogens is 2. The summed E-state index contributed by atoms with van der Waals surface area (Å²) < 4.78 is 12.9. The maximum Gasteiger partial charge on any atom is 0.321 e. The van der Waals surface area contributed by atoms with Crippen molar-refractivity contribution < 1.29 is 9.18 Å². The van der Waals surface area contributed by atoms with Crippen LogP contribution >= 0.6 is 0 Å². The Morgan fingerprint density at radius 1 is 1.56 bits per heavy atom. The van der Waals surface area contributed by atoms with E-state index in [0.717, 1.165) is 5.56 Å². The molecule has 0 radical (unpaired) electrons. The fourth-order valence-electron chi connectivity index (χ4n) is 1.49. The lowest BCUT2D eigenvalue weighted by molar-refractivity contribution is 0.220. The lowest BCUT2D eigenvalue weighted by Crippen LogP contribution is -2.30. The number of hydrogen-bond acceptors (Lipinski definition) is 2. The first-order chi connectivity index (χ1) is 8.65. The molecule has 0 aliphatic rings. The van der Waals surface area contributed by atoms with Crippen molar-refractivity contribution in [1.82, 2.24) is 15.1 Å². The number of carbonyl (C=O) groups excluding carboxylic acids is 1. The monoisotopic (exact) mass is 248 g/mol. The van der Waals surface area contributed by atoms with Gasteiger partial charge in [-0.15, -0.1) is 0 Å². The first kappa shape index (κ1) is 12.1. The molecule has 0 bridgehead atoms. The van der Waals surface area contributed by atoms with Crippen molar-refractivity contribution in [3.05, 3.63) is 48.0 Å². The van der Waals surface area contributed by atoms with Gasteiger partial charge >= 0.3 is 6.03 Å². The van der Waals surface area contributed by atoms with Crippen molar-refractivity contribution in [3.63, 3.8) is 0 Å². The number of amides is 2. The molecule has 0 aliphatic heterocycles. The molecule has 94 valence electrons. The Kier molecular flexibility index (Phi) is 3.57. The number of H-pyrrole nitrogens is 1. The number of hydrogen-bond donors (Lipinski definition) is 2. The Labute approximate surface area is 104 Å². The molecule has 0 unspecified atom stereocenters. The minimum absolute atomic E-state index is 0.304. The van der Waals surface area contributed by atoms with E-state index in [-0.39, 0.29) is 11.8 Å². The summed E-state index contributed by atoms with van der Waals surface area (Å²) in [5.41, 5.74) is 1.32. The van der Waals surface area contributed by atoms with E-state index in [1.807, 2.05) is 0 Å². The van der Waals surface area contributed by atoms with Gasteiger partial charge in [-0.1, -0.05) is 6.07 Å². The van der Waals surface area contributed by atoms with Crippen LogP contribution in [0, 0.1) is 5.82 Å². The molecule has 0 saturated heterocycles.